The van der Waals surface area contributed by atoms with Crippen LogP contribution < -0.4 is 5.32 Å². The van der Waals surface area contributed by atoms with Crippen molar-refractivity contribution in [1.82, 2.24) is 5.32 Å². The van der Waals surface area contributed by atoms with Gasteiger partial charge in [0.25, 0.3) is 0 Å². The van der Waals surface area contributed by atoms with Crippen LogP contribution in [0.5, 0.6) is 0 Å². The van der Waals surface area contributed by atoms with Gasteiger partial charge < -0.3 is 10.1 Å². The topological polar surface area (TPSA) is 21.3 Å². The number of ether oxygens (including phenoxy) is 1. The third-order valence-corrected chi connectivity index (χ3v) is 3.33. The van der Waals surface area contributed by atoms with Crippen LogP contribution in [-0.2, 0) is 4.74 Å². The largest absolute Gasteiger partial charge is 0.383 e. The molecule has 0 heterocycles. The van der Waals surface area contributed by atoms with Crippen molar-refractivity contribution in [1.29, 1.82) is 0 Å². The van der Waals surface area contributed by atoms with Crippen molar-refractivity contribution in [2.24, 2.45) is 0 Å². The predicted octanol–water partition coefficient (Wildman–Crippen LogP) is 2.92. The minimum Gasteiger partial charge on any atom is -0.383 e. The Morgan fingerprint density at radius 2 is 2.07 bits per heavy atom. The van der Waals surface area contributed by atoms with Gasteiger partial charge in [-0.3, -0.25) is 0 Å². The summed E-state index contributed by atoms with van der Waals surface area (Å²) in [5, 5.41) is 3.53. The van der Waals surface area contributed by atoms with Gasteiger partial charge in [-0.2, -0.15) is 11.8 Å². The number of hydrogen-bond donors (Lipinski definition) is 1. The van der Waals surface area contributed by atoms with Gasteiger partial charge in [0.1, 0.15) is 0 Å². The maximum absolute atomic E-state index is 5.21. The number of methoxy groups -OCH3 is 1. The summed E-state index contributed by atoms with van der Waals surface area (Å²) in [5.41, 5.74) is 0. The number of unbranched alkanes of at least 4 members (excludes halogenated alkanes) is 1. The molecule has 0 aliphatic carbocycles. The summed E-state index contributed by atoms with van der Waals surface area (Å²) in [7, 11) is 1.79. The van der Waals surface area contributed by atoms with Gasteiger partial charge in [0, 0.05) is 13.2 Å². The zero-order valence-electron chi connectivity index (χ0n) is 10.6. The number of nitrogens with one attached hydrogen (secondary N) is 1. The molecule has 0 spiro atoms. The number of rotatable bonds is 11. The Balaban J connectivity index is 3.38. The van der Waals surface area contributed by atoms with Crippen LogP contribution in [0.15, 0.2) is 0 Å². The van der Waals surface area contributed by atoms with E-state index in [1.807, 2.05) is 11.8 Å². The second kappa shape index (κ2) is 12.3. The first-order chi connectivity index (χ1) is 7.35. The van der Waals surface area contributed by atoms with Crippen molar-refractivity contribution in [3.05, 3.63) is 0 Å². The van der Waals surface area contributed by atoms with Crippen LogP contribution in [-0.4, -0.2) is 37.8 Å². The molecule has 0 aromatic rings. The highest BCUT2D eigenvalue weighted by atomic mass is 32.2. The van der Waals surface area contributed by atoms with Gasteiger partial charge in [-0.25, -0.2) is 0 Å². The molecule has 0 saturated carbocycles. The normalized spacial score (nSPS) is 13.0. The van der Waals surface area contributed by atoms with Gasteiger partial charge in [0.05, 0.1) is 6.61 Å². The van der Waals surface area contributed by atoms with Gasteiger partial charge in [-0.1, -0.05) is 20.3 Å². The SMILES string of the molecule is CCCNC(CCCCSCC)COC. The van der Waals surface area contributed by atoms with Gasteiger partial charge in [0.2, 0.25) is 0 Å². The van der Waals surface area contributed by atoms with Crippen LogP contribution in [0.1, 0.15) is 39.5 Å². The molecule has 0 aromatic heterocycles. The van der Waals surface area contributed by atoms with Crippen molar-refractivity contribution in [2.75, 3.05) is 31.8 Å². The molecule has 1 atom stereocenters. The van der Waals surface area contributed by atoms with E-state index in [0.717, 1.165) is 13.2 Å². The van der Waals surface area contributed by atoms with Crippen molar-refractivity contribution in [3.8, 4) is 0 Å². The molecule has 0 bridgehead atoms. The average molecular weight is 233 g/mol. The van der Waals surface area contributed by atoms with E-state index in [0.29, 0.717) is 6.04 Å². The summed E-state index contributed by atoms with van der Waals surface area (Å²) >= 11 is 2.04. The van der Waals surface area contributed by atoms with E-state index in [4.69, 9.17) is 4.74 Å². The fraction of sp³-hybridized carbons (Fsp3) is 1.00. The Morgan fingerprint density at radius 3 is 2.67 bits per heavy atom. The molecular formula is C12H27NOS. The van der Waals surface area contributed by atoms with Crippen LogP contribution in [0.25, 0.3) is 0 Å². The molecule has 92 valence electrons. The molecule has 0 aliphatic rings. The van der Waals surface area contributed by atoms with Gasteiger partial charge in [0.15, 0.2) is 0 Å². The molecule has 1 N–H and O–H groups in total. The quantitative estimate of drug-likeness (QED) is 0.554. The second-order valence-electron chi connectivity index (χ2n) is 3.80. The van der Waals surface area contributed by atoms with E-state index in [1.54, 1.807) is 7.11 Å². The summed E-state index contributed by atoms with van der Waals surface area (Å²) in [6.45, 7) is 6.38. The summed E-state index contributed by atoms with van der Waals surface area (Å²) < 4.78 is 5.21. The van der Waals surface area contributed by atoms with E-state index in [1.165, 1.54) is 37.2 Å². The summed E-state index contributed by atoms with van der Waals surface area (Å²) in [4.78, 5) is 0. The lowest BCUT2D eigenvalue weighted by molar-refractivity contribution is 0.161. The van der Waals surface area contributed by atoms with E-state index < -0.39 is 0 Å². The molecule has 0 rings (SSSR count). The third-order valence-electron chi connectivity index (χ3n) is 2.35. The molecule has 0 amide bonds. The Bertz CT molecular complexity index is 122. The standard InChI is InChI=1S/C12H27NOS/c1-4-9-13-12(11-14-3)8-6-7-10-15-5-2/h12-13H,4-11H2,1-3H3. The van der Waals surface area contributed by atoms with Crippen molar-refractivity contribution in [3.63, 3.8) is 0 Å². The maximum Gasteiger partial charge on any atom is 0.0615 e. The first kappa shape index (κ1) is 15.3. The van der Waals surface area contributed by atoms with Crippen LogP contribution in [0, 0.1) is 0 Å². The molecule has 0 radical (unpaired) electrons. The fourth-order valence-corrected chi connectivity index (χ4v) is 2.23. The lowest BCUT2D eigenvalue weighted by Crippen LogP contribution is -2.33. The summed E-state index contributed by atoms with van der Waals surface area (Å²) in [6, 6.07) is 0.557. The predicted molar refractivity (Wildman–Crippen MR) is 70.8 cm³/mol. The molecule has 1 unspecified atom stereocenters. The first-order valence-corrected chi connectivity index (χ1v) is 7.30. The summed E-state index contributed by atoms with van der Waals surface area (Å²) in [5.74, 6) is 2.56. The van der Waals surface area contributed by atoms with Crippen LogP contribution in [0.4, 0.5) is 0 Å². The van der Waals surface area contributed by atoms with E-state index in [2.05, 4.69) is 19.2 Å². The Kier molecular flexibility index (Phi) is 12.6. The number of thioether (sulfide) groups is 1. The fourth-order valence-electron chi connectivity index (χ4n) is 1.53. The van der Waals surface area contributed by atoms with Crippen molar-refractivity contribution < 1.29 is 4.74 Å². The molecule has 3 heteroatoms. The molecule has 0 aliphatic heterocycles. The third kappa shape index (κ3) is 10.6. The highest BCUT2D eigenvalue weighted by molar-refractivity contribution is 7.99. The van der Waals surface area contributed by atoms with Crippen LogP contribution >= 0.6 is 11.8 Å². The molecule has 2 nitrogen and oxygen atoms in total. The van der Waals surface area contributed by atoms with Gasteiger partial charge in [-0.05, 0) is 37.3 Å². The Labute approximate surface area is 99.5 Å². The van der Waals surface area contributed by atoms with Gasteiger partial charge in [-0.15, -0.1) is 0 Å². The first-order valence-electron chi connectivity index (χ1n) is 6.15. The van der Waals surface area contributed by atoms with E-state index in [9.17, 15) is 0 Å². The Hall–Kier alpha value is 0.270. The zero-order chi connectivity index (χ0) is 11.4. The smallest absolute Gasteiger partial charge is 0.0615 e. The minimum atomic E-state index is 0.557. The van der Waals surface area contributed by atoms with Crippen molar-refractivity contribution in [2.45, 2.75) is 45.6 Å². The average Bonchev–Trinajstić information content (AvgIpc) is 2.25. The Morgan fingerprint density at radius 1 is 1.27 bits per heavy atom. The monoisotopic (exact) mass is 233 g/mol. The lowest BCUT2D eigenvalue weighted by atomic mass is 10.1. The molecular weight excluding hydrogens is 206 g/mol. The lowest BCUT2D eigenvalue weighted by Gasteiger charge is -2.17. The summed E-state index contributed by atoms with van der Waals surface area (Å²) in [6.07, 6.45) is 5.11. The van der Waals surface area contributed by atoms with Crippen LogP contribution in [0.3, 0.4) is 0 Å². The molecule has 0 aromatic carbocycles. The number of hydrogen-bond acceptors (Lipinski definition) is 3. The van der Waals surface area contributed by atoms with Crippen molar-refractivity contribution >= 4 is 11.8 Å². The molecule has 15 heavy (non-hydrogen) atoms. The minimum absolute atomic E-state index is 0.557. The zero-order valence-corrected chi connectivity index (χ0v) is 11.4. The van der Waals surface area contributed by atoms with Gasteiger partial charge >= 0.3 is 0 Å². The molecule has 0 fully saturated rings. The highest BCUT2D eigenvalue weighted by Crippen LogP contribution is 2.07. The van der Waals surface area contributed by atoms with E-state index in [-0.39, 0.29) is 0 Å². The highest BCUT2D eigenvalue weighted by Gasteiger charge is 2.06. The second-order valence-corrected chi connectivity index (χ2v) is 5.19. The maximum atomic E-state index is 5.21. The van der Waals surface area contributed by atoms with Crippen LogP contribution in [0.2, 0.25) is 0 Å². The van der Waals surface area contributed by atoms with E-state index >= 15 is 0 Å². The molecule has 0 saturated heterocycles.